The Morgan fingerprint density at radius 1 is 0.815 bits per heavy atom. The Morgan fingerprint density at radius 3 is 2.07 bits per heavy atom. The standard InChI is InChI=1S/C22H18FNS3/c1-25-21(16-26-19-14-12-17(23)13-15-19)22(24-18-8-4-2-5-9-18)27-20-10-6-3-7-11-20/h2-16H,1H3/b21-16-,24-22?. The van der Waals surface area contributed by atoms with Crippen LogP contribution in [0.4, 0.5) is 10.1 Å². The molecule has 0 aliphatic heterocycles. The molecule has 27 heavy (non-hydrogen) atoms. The van der Waals surface area contributed by atoms with Crippen LogP contribution >= 0.6 is 35.3 Å². The normalized spacial score (nSPS) is 12.2. The van der Waals surface area contributed by atoms with Crippen LogP contribution in [0.25, 0.3) is 0 Å². The average Bonchev–Trinajstić information content (AvgIpc) is 2.71. The summed E-state index contributed by atoms with van der Waals surface area (Å²) in [7, 11) is 0. The summed E-state index contributed by atoms with van der Waals surface area (Å²) in [5, 5.41) is 3.02. The number of thioether (sulfide) groups is 3. The van der Waals surface area contributed by atoms with Gasteiger partial charge >= 0.3 is 0 Å². The van der Waals surface area contributed by atoms with Crippen molar-refractivity contribution in [2.45, 2.75) is 9.79 Å². The van der Waals surface area contributed by atoms with Crippen LogP contribution in [-0.2, 0) is 0 Å². The van der Waals surface area contributed by atoms with Gasteiger partial charge in [-0.05, 0) is 60.2 Å². The Bertz CT molecular complexity index is 907. The van der Waals surface area contributed by atoms with Gasteiger partial charge in [0, 0.05) is 14.7 Å². The number of benzene rings is 3. The van der Waals surface area contributed by atoms with Crippen molar-refractivity contribution in [1.29, 1.82) is 0 Å². The van der Waals surface area contributed by atoms with Gasteiger partial charge in [-0.25, -0.2) is 9.38 Å². The number of para-hydroxylation sites is 1. The van der Waals surface area contributed by atoms with E-state index in [0.717, 1.165) is 25.4 Å². The van der Waals surface area contributed by atoms with Crippen molar-refractivity contribution < 1.29 is 4.39 Å². The van der Waals surface area contributed by atoms with Gasteiger partial charge in [0.25, 0.3) is 0 Å². The number of nitrogens with zero attached hydrogens (tertiary/aromatic N) is 1. The Balaban J connectivity index is 1.90. The molecule has 0 saturated carbocycles. The van der Waals surface area contributed by atoms with E-state index in [-0.39, 0.29) is 5.82 Å². The Labute approximate surface area is 172 Å². The zero-order valence-corrected chi connectivity index (χ0v) is 17.2. The molecular formula is C22H18FNS3. The summed E-state index contributed by atoms with van der Waals surface area (Å²) in [5.41, 5.74) is 0.919. The highest BCUT2D eigenvalue weighted by Gasteiger charge is 2.10. The van der Waals surface area contributed by atoms with Crippen LogP contribution in [0.2, 0.25) is 0 Å². The molecule has 0 spiro atoms. The van der Waals surface area contributed by atoms with Gasteiger partial charge in [-0.1, -0.05) is 59.9 Å². The van der Waals surface area contributed by atoms with Gasteiger partial charge in [0.05, 0.1) is 5.69 Å². The van der Waals surface area contributed by atoms with Crippen LogP contribution in [-0.4, -0.2) is 11.3 Å². The molecular weight excluding hydrogens is 393 g/mol. The topological polar surface area (TPSA) is 12.4 Å². The minimum absolute atomic E-state index is 0.223. The molecule has 136 valence electrons. The van der Waals surface area contributed by atoms with Gasteiger partial charge in [0.15, 0.2) is 0 Å². The van der Waals surface area contributed by atoms with Crippen molar-refractivity contribution in [3.63, 3.8) is 0 Å². The molecule has 0 bridgehead atoms. The fraction of sp³-hybridized carbons (Fsp3) is 0.0455. The first-order valence-electron chi connectivity index (χ1n) is 8.28. The molecule has 0 aromatic heterocycles. The highest BCUT2D eigenvalue weighted by molar-refractivity contribution is 8.18. The predicted molar refractivity (Wildman–Crippen MR) is 120 cm³/mol. The number of aliphatic imine (C=N–C) groups is 1. The molecule has 0 fully saturated rings. The summed E-state index contributed by atoms with van der Waals surface area (Å²) in [6.07, 6.45) is 2.04. The second kappa shape index (κ2) is 10.4. The maximum atomic E-state index is 13.1. The van der Waals surface area contributed by atoms with Crippen LogP contribution in [0.15, 0.2) is 110 Å². The van der Waals surface area contributed by atoms with E-state index in [0.29, 0.717) is 0 Å². The second-order valence-electron chi connectivity index (χ2n) is 5.43. The first-order valence-corrected chi connectivity index (χ1v) is 11.2. The maximum Gasteiger partial charge on any atom is 0.123 e. The molecule has 0 radical (unpaired) electrons. The third-order valence-corrected chi connectivity index (χ3v) is 6.43. The lowest BCUT2D eigenvalue weighted by atomic mass is 10.3. The van der Waals surface area contributed by atoms with E-state index in [1.165, 1.54) is 12.1 Å². The molecule has 3 rings (SSSR count). The van der Waals surface area contributed by atoms with Crippen molar-refractivity contribution in [3.05, 3.63) is 101 Å². The SMILES string of the molecule is CS/C(=C\Sc1ccc(F)cc1)C(=Nc1ccccc1)Sc1ccccc1. The quantitative estimate of drug-likeness (QED) is 0.235. The smallest absolute Gasteiger partial charge is 0.123 e. The molecule has 5 heteroatoms. The van der Waals surface area contributed by atoms with Crippen LogP contribution in [0.3, 0.4) is 0 Å². The lowest BCUT2D eigenvalue weighted by molar-refractivity contribution is 0.626. The molecule has 0 unspecified atom stereocenters. The summed E-state index contributed by atoms with van der Waals surface area (Å²) in [5.74, 6) is -0.223. The molecule has 0 heterocycles. The van der Waals surface area contributed by atoms with Gasteiger partial charge in [-0.15, -0.1) is 11.8 Å². The average molecular weight is 412 g/mol. The highest BCUT2D eigenvalue weighted by atomic mass is 32.2. The van der Waals surface area contributed by atoms with Crippen molar-refractivity contribution in [1.82, 2.24) is 0 Å². The molecule has 1 nitrogen and oxygen atoms in total. The van der Waals surface area contributed by atoms with Gasteiger partial charge in [0.1, 0.15) is 10.9 Å². The van der Waals surface area contributed by atoms with Gasteiger partial charge in [-0.3, -0.25) is 0 Å². The third kappa shape index (κ3) is 6.31. The second-order valence-corrected chi connectivity index (χ2v) is 8.28. The highest BCUT2D eigenvalue weighted by Crippen LogP contribution is 2.33. The molecule has 0 N–H and O–H groups in total. The number of halogens is 1. The first-order chi connectivity index (χ1) is 13.2. The molecule has 3 aromatic carbocycles. The lowest BCUT2D eigenvalue weighted by Crippen LogP contribution is -1.94. The zero-order chi connectivity index (χ0) is 18.9. The van der Waals surface area contributed by atoms with Gasteiger partial charge in [0.2, 0.25) is 0 Å². The molecule has 0 aliphatic rings. The van der Waals surface area contributed by atoms with Crippen LogP contribution < -0.4 is 0 Å². The van der Waals surface area contributed by atoms with E-state index in [4.69, 9.17) is 4.99 Å². The minimum atomic E-state index is -0.223. The van der Waals surface area contributed by atoms with E-state index < -0.39 is 0 Å². The Morgan fingerprint density at radius 2 is 1.44 bits per heavy atom. The van der Waals surface area contributed by atoms with E-state index in [9.17, 15) is 4.39 Å². The lowest BCUT2D eigenvalue weighted by Gasteiger charge is -2.09. The third-order valence-electron chi connectivity index (χ3n) is 3.49. The van der Waals surface area contributed by atoms with E-state index in [1.807, 2.05) is 54.8 Å². The summed E-state index contributed by atoms with van der Waals surface area (Å²) in [4.78, 5) is 8.07. The molecule has 0 saturated heterocycles. The summed E-state index contributed by atoms with van der Waals surface area (Å²) >= 11 is 4.86. The predicted octanol–water partition coefficient (Wildman–Crippen LogP) is 7.64. The zero-order valence-electron chi connectivity index (χ0n) is 14.7. The van der Waals surface area contributed by atoms with Gasteiger partial charge < -0.3 is 0 Å². The number of rotatable bonds is 6. The minimum Gasteiger partial charge on any atom is -0.241 e. The van der Waals surface area contributed by atoms with Crippen molar-refractivity contribution in [2.24, 2.45) is 4.99 Å². The van der Waals surface area contributed by atoms with Crippen molar-refractivity contribution >= 4 is 46.0 Å². The summed E-state index contributed by atoms with van der Waals surface area (Å²) in [6.45, 7) is 0. The number of hydrogen-bond donors (Lipinski definition) is 0. The Hall–Kier alpha value is -1.95. The largest absolute Gasteiger partial charge is 0.241 e. The van der Waals surface area contributed by atoms with E-state index in [1.54, 1.807) is 47.4 Å². The Kier molecular flexibility index (Phi) is 7.63. The van der Waals surface area contributed by atoms with Gasteiger partial charge in [-0.2, -0.15) is 0 Å². The molecule has 0 amide bonds. The molecule has 0 aliphatic carbocycles. The number of hydrogen-bond acceptors (Lipinski definition) is 4. The maximum absolute atomic E-state index is 13.1. The summed E-state index contributed by atoms with van der Waals surface area (Å²) < 4.78 is 13.1. The van der Waals surface area contributed by atoms with Crippen LogP contribution in [0.5, 0.6) is 0 Å². The monoisotopic (exact) mass is 411 g/mol. The fourth-order valence-electron chi connectivity index (χ4n) is 2.17. The van der Waals surface area contributed by atoms with Crippen molar-refractivity contribution in [2.75, 3.05) is 6.26 Å². The van der Waals surface area contributed by atoms with E-state index in [2.05, 4.69) is 17.5 Å². The fourth-order valence-corrected chi connectivity index (χ4v) is 4.84. The van der Waals surface area contributed by atoms with Crippen LogP contribution in [0, 0.1) is 5.82 Å². The molecule has 0 atom stereocenters. The van der Waals surface area contributed by atoms with E-state index >= 15 is 0 Å². The van der Waals surface area contributed by atoms with Crippen molar-refractivity contribution in [3.8, 4) is 0 Å². The summed E-state index contributed by atoms with van der Waals surface area (Å²) in [6, 6.07) is 26.7. The first kappa shape index (κ1) is 19.8. The van der Waals surface area contributed by atoms with Crippen LogP contribution in [0.1, 0.15) is 0 Å². The molecule has 3 aromatic rings.